The molecular formula is C23H28FN5. The molecule has 0 saturated carbocycles. The Balaban J connectivity index is 1.45. The average molecular weight is 394 g/mol. The van der Waals surface area contributed by atoms with E-state index in [-0.39, 0.29) is 5.82 Å². The third-order valence-electron chi connectivity index (χ3n) is 6.02. The Labute approximate surface area is 171 Å². The van der Waals surface area contributed by atoms with Gasteiger partial charge in [0.05, 0.1) is 0 Å². The van der Waals surface area contributed by atoms with Crippen LogP contribution in [-0.4, -0.2) is 48.3 Å². The van der Waals surface area contributed by atoms with Crippen LogP contribution in [0.3, 0.4) is 0 Å². The SMILES string of the molecule is CNc1nnc(N2CCC(N(C)Cc3ccc(F)cc3C)CC2)c2ccccc12. The van der Waals surface area contributed by atoms with Gasteiger partial charge in [-0.3, -0.25) is 4.90 Å². The number of nitrogens with one attached hydrogen (secondary N) is 1. The number of nitrogens with zero attached hydrogens (tertiary/aromatic N) is 4. The van der Waals surface area contributed by atoms with Crippen LogP contribution in [0.4, 0.5) is 16.0 Å². The van der Waals surface area contributed by atoms with Crippen molar-refractivity contribution in [3.8, 4) is 0 Å². The number of aryl methyl sites for hydroxylation is 1. The average Bonchev–Trinajstić information content (AvgIpc) is 2.75. The summed E-state index contributed by atoms with van der Waals surface area (Å²) in [5, 5.41) is 14.3. The summed E-state index contributed by atoms with van der Waals surface area (Å²) in [7, 11) is 4.04. The molecule has 2 aromatic carbocycles. The second-order valence-electron chi connectivity index (χ2n) is 7.87. The first-order valence-corrected chi connectivity index (χ1v) is 10.2. The Morgan fingerprint density at radius 1 is 1.10 bits per heavy atom. The molecule has 5 nitrogen and oxygen atoms in total. The van der Waals surface area contributed by atoms with E-state index in [2.05, 4.69) is 50.6 Å². The maximum Gasteiger partial charge on any atom is 0.159 e. The third kappa shape index (κ3) is 4.03. The van der Waals surface area contributed by atoms with Crippen molar-refractivity contribution in [2.75, 3.05) is 37.4 Å². The summed E-state index contributed by atoms with van der Waals surface area (Å²) in [5.41, 5.74) is 2.21. The second kappa shape index (κ2) is 8.33. The largest absolute Gasteiger partial charge is 0.371 e. The van der Waals surface area contributed by atoms with Gasteiger partial charge in [-0.05, 0) is 50.1 Å². The van der Waals surface area contributed by atoms with E-state index < -0.39 is 0 Å². The van der Waals surface area contributed by atoms with Crippen molar-refractivity contribution in [1.29, 1.82) is 0 Å². The molecule has 0 bridgehead atoms. The fourth-order valence-corrected chi connectivity index (χ4v) is 4.26. The van der Waals surface area contributed by atoms with E-state index in [1.54, 1.807) is 12.1 Å². The Hall–Kier alpha value is -2.73. The molecule has 0 spiro atoms. The van der Waals surface area contributed by atoms with Gasteiger partial charge < -0.3 is 10.2 Å². The van der Waals surface area contributed by atoms with Crippen LogP contribution in [0, 0.1) is 12.7 Å². The summed E-state index contributed by atoms with van der Waals surface area (Å²) >= 11 is 0. The van der Waals surface area contributed by atoms with E-state index >= 15 is 0 Å². The number of aromatic nitrogens is 2. The molecule has 1 N–H and O–H groups in total. The van der Waals surface area contributed by atoms with Crippen LogP contribution < -0.4 is 10.2 Å². The predicted molar refractivity (Wildman–Crippen MR) is 117 cm³/mol. The topological polar surface area (TPSA) is 44.3 Å². The van der Waals surface area contributed by atoms with Crippen LogP contribution in [-0.2, 0) is 6.54 Å². The van der Waals surface area contributed by atoms with Crippen molar-refractivity contribution in [2.45, 2.75) is 32.4 Å². The summed E-state index contributed by atoms with van der Waals surface area (Å²) in [6.45, 7) is 4.73. The molecule has 2 heterocycles. The van der Waals surface area contributed by atoms with Gasteiger partial charge in [0, 0.05) is 43.5 Å². The maximum absolute atomic E-state index is 13.4. The van der Waals surface area contributed by atoms with Crippen LogP contribution in [0.1, 0.15) is 24.0 Å². The molecule has 1 aliphatic rings. The van der Waals surface area contributed by atoms with Gasteiger partial charge in [-0.25, -0.2) is 4.39 Å². The Kier molecular flexibility index (Phi) is 5.62. The van der Waals surface area contributed by atoms with E-state index in [4.69, 9.17) is 0 Å². The predicted octanol–water partition coefficient (Wildman–Crippen LogP) is 4.22. The number of hydrogen-bond acceptors (Lipinski definition) is 5. The third-order valence-corrected chi connectivity index (χ3v) is 6.02. The highest BCUT2D eigenvalue weighted by atomic mass is 19.1. The number of fused-ring (bicyclic) bond motifs is 1. The first-order valence-electron chi connectivity index (χ1n) is 10.2. The van der Waals surface area contributed by atoms with Crippen molar-refractivity contribution < 1.29 is 4.39 Å². The molecular weight excluding hydrogens is 365 g/mol. The van der Waals surface area contributed by atoms with E-state index in [9.17, 15) is 4.39 Å². The minimum absolute atomic E-state index is 0.167. The molecule has 29 heavy (non-hydrogen) atoms. The van der Waals surface area contributed by atoms with Crippen LogP contribution in [0.2, 0.25) is 0 Å². The Morgan fingerprint density at radius 3 is 2.52 bits per heavy atom. The van der Waals surface area contributed by atoms with Crippen molar-refractivity contribution in [2.24, 2.45) is 0 Å². The van der Waals surface area contributed by atoms with Gasteiger partial charge in [-0.1, -0.05) is 30.3 Å². The zero-order chi connectivity index (χ0) is 20.4. The standard InChI is InChI=1S/C23H28FN5/c1-16-14-18(24)9-8-17(16)15-28(3)19-10-12-29(13-11-19)23-21-7-5-4-6-20(21)22(25-2)26-27-23/h4-9,14,19H,10-13,15H2,1-3H3,(H,25,26). The lowest BCUT2D eigenvalue weighted by Crippen LogP contribution is -2.43. The molecule has 1 aliphatic heterocycles. The normalized spacial score (nSPS) is 15.3. The number of halogens is 1. The molecule has 1 fully saturated rings. The Bertz CT molecular complexity index is 998. The number of benzene rings is 2. The highest BCUT2D eigenvalue weighted by molar-refractivity contribution is 5.98. The van der Waals surface area contributed by atoms with E-state index in [0.29, 0.717) is 6.04 Å². The van der Waals surface area contributed by atoms with Crippen molar-refractivity contribution in [3.63, 3.8) is 0 Å². The van der Waals surface area contributed by atoms with Gasteiger partial charge in [0.25, 0.3) is 0 Å². The number of rotatable bonds is 5. The van der Waals surface area contributed by atoms with E-state index in [0.717, 1.165) is 60.4 Å². The first kappa shape index (κ1) is 19.6. The smallest absolute Gasteiger partial charge is 0.159 e. The zero-order valence-electron chi connectivity index (χ0n) is 17.3. The quantitative estimate of drug-likeness (QED) is 0.703. The maximum atomic E-state index is 13.4. The minimum Gasteiger partial charge on any atom is -0.371 e. The summed E-state index contributed by atoms with van der Waals surface area (Å²) in [5.74, 6) is 1.61. The molecule has 1 aromatic heterocycles. The van der Waals surface area contributed by atoms with Crippen molar-refractivity contribution in [3.05, 3.63) is 59.4 Å². The van der Waals surface area contributed by atoms with Gasteiger partial charge in [-0.2, -0.15) is 0 Å². The van der Waals surface area contributed by atoms with Gasteiger partial charge in [0.15, 0.2) is 11.6 Å². The molecule has 0 radical (unpaired) electrons. The molecule has 0 aliphatic carbocycles. The number of anilines is 2. The van der Waals surface area contributed by atoms with E-state index in [1.165, 1.54) is 5.56 Å². The lowest BCUT2D eigenvalue weighted by atomic mass is 10.0. The summed E-state index contributed by atoms with van der Waals surface area (Å²) < 4.78 is 13.4. The lowest BCUT2D eigenvalue weighted by Gasteiger charge is -2.37. The summed E-state index contributed by atoms with van der Waals surface area (Å²) in [6, 6.07) is 13.9. The second-order valence-corrected chi connectivity index (χ2v) is 7.87. The molecule has 1 saturated heterocycles. The molecule has 0 unspecified atom stereocenters. The van der Waals surface area contributed by atoms with Crippen LogP contribution >= 0.6 is 0 Å². The van der Waals surface area contributed by atoms with Gasteiger partial charge in [0.1, 0.15) is 5.82 Å². The van der Waals surface area contributed by atoms with Gasteiger partial charge in [0.2, 0.25) is 0 Å². The highest BCUT2D eigenvalue weighted by Crippen LogP contribution is 2.30. The van der Waals surface area contributed by atoms with Gasteiger partial charge in [-0.15, -0.1) is 10.2 Å². The lowest BCUT2D eigenvalue weighted by molar-refractivity contribution is 0.200. The molecule has 0 amide bonds. The van der Waals surface area contributed by atoms with Crippen LogP contribution in [0.15, 0.2) is 42.5 Å². The monoisotopic (exact) mass is 393 g/mol. The summed E-state index contributed by atoms with van der Waals surface area (Å²) in [4.78, 5) is 4.74. The Morgan fingerprint density at radius 2 is 1.83 bits per heavy atom. The van der Waals surface area contributed by atoms with Gasteiger partial charge >= 0.3 is 0 Å². The minimum atomic E-state index is -0.167. The fraction of sp³-hybridized carbons (Fsp3) is 0.391. The van der Waals surface area contributed by atoms with Crippen molar-refractivity contribution in [1.82, 2.24) is 15.1 Å². The molecule has 4 rings (SSSR count). The van der Waals surface area contributed by atoms with Crippen LogP contribution in [0.5, 0.6) is 0 Å². The van der Waals surface area contributed by atoms with Crippen molar-refractivity contribution >= 4 is 22.4 Å². The molecule has 6 heteroatoms. The number of hydrogen-bond donors (Lipinski definition) is 1. The first-order chi connectivity index (χ1) is 14.1. The molecule has 0 atom stereocenters. The number of piperidine rings is 1. The highest BCUT2D eigenvalue weighted by Gasteiger charge is 2.25. The zero-order valence-corrected chi connectivity index (χ0v) is 17.3. The molecule has 3 aromatic rings. The fourth-order valence-electron chi connectivity index (χ4n) is 4.26. The van der Waals surface area contributed by atoms with E-state index in [1.807, 2.05) is 26.1 Å². The summed E-state index contributed by atoms with van der Waals surface area (Å²) in [6.07, 6.45) is 2.14. The van der Waals surface area contributed by atoms with Crippen LogP contribution in [0.25, 0.3) is 10.8 Å². The molecule has 152 valence electrons.